The van der Waals surface area contributed by atoms with E-state index in [-0.39, 0.29) is 6.54 Å². The molecular formula is C42H81NO35P2. The van der Waals surface area contributed by atoms with Crippen molar-refractivity contribution in [3.05, 3.63) is 0 Å². The molecule has 0 bridgehead atoms. The molecule has 30 unspecified atom stereocenters. The Morgan fingerprint density at radius 2 is 1.09 bits per heavy atom. The normalized spacial score (nSPS) is 38.5. The molecule has 4 fully saturated rings. The zero-order valence-corrected chi connectivity index (χ0v) is 45.5. The lowest BCUT2D eigenvalue weighted by Crippen LogP contribution is -2.64. The van der Waals surface area contributed by atoms with Crippen molar-refractivity contribution in [3.63, 3.8) is 0 Å². The van der Waals surface area contributed by atoms with Crippen LogP contribution in [0.1, 0.15) is 26.2 Å². The first-order valence-electron chi connectivity index (χ1n) is 25.1. The van der Waals surface area contributed by atoms with Crippen molar-refractivity contribution in [1.82, 2.24) is 0 Å². The van der Waals surface area contributed by atoms with E-state index in [0.717, 1.165) is 21.3 Å². The molecule has 0 radical (unpaired) electrons. The van der Waals surface area contributed by atoms with Gasteiger partial charge in [-0.1, -0.05) is 6.92 Å². The molecule has 36 nitrogen and oxygen atoms in total. The first-order chi connectivity index (χ1) is 37.6. The number of rotatable bonds is 35. The molecule has 30 atom stereocenters. The molecule has 0 aromatic heterocycles. The quantitative estimate of drug-likeness (QED) is 0.0207. The third kappa shape index (κ3) is 18.3. The average molecular weight is 1220 g/mol. The summed E-state index contributed by atoms with van der Waals surface area (Å²) in [5.41, 5.74) is 5.27. The first-order valence-corrected chi connectivity index (χ1v) is 28.1. The second-order valence-corrected chi connectivity index (χ2v) is 21.9. The van der Waals surface area contributed by atoms with Crippen LogP contribution in [0.25, 0.3) is 0 Å². The predicted molar refractivity (Wildman–Crippen MR) is 254 cm³/mol. The van der Waals surface area contributed by atoms with Gasteiger partial charge in [-0.05, 0) is 19.3 Å². The number of nitrogens with two attached hydrogens (primary N) is 1. The van der Waals surface area contributed by atoms with E-state index in [0.29, 0.717) is 0 Å². The SMILES string of the molecule is COC(OC1C(O)C(O)C(O)C2OP(=O)(O)OC12)C(C)C(O)C(CCO)OC(OC)C(O)C(O)C(O)CCOC1OC(CO)C(O)C(O)C1OC(OC)C(OC1OC(CO)C(O)C(O)C1O)C(O)C(O)CCOP(=O)(O)OCCN. The van der Waals surface area contributed by atoms with Crippen molar-refractivity contribution in [1.29, 1.82) is 0 Å². The molecule has 0 amide bonds. The molecule has 4 rings (SSSR count). The van der Waals surface area contributed by atoms with Crippen molar-refractivity contribution in [2.24, 2.45) is 11.7 Å². The zero-order valence-electron chi connectivity index (χ0n) is 43.7. The molecule has 0 aromatic rings. The molecule has 3 heterocycles. The maximum Gasteiger partial charge on any atom is 0.473 e. The van der Waals surface area contributed by atoms with Crippen molar-refractivity contribution >= 4 is 15.6 Å². The van der Waals surface area contributed by atoms with Gasteiger partial charge in [-0.25, -0.2) is 9.13 Å². The van der Waals surface area contributed by atoms with Crippen LogP contribution in [0.5, 0.6) is 0 Å². The monoisotopic (exact) mass is 1220 g/mol. The van der Waals surface area contributed by atoms with Gasteiger partial charge in [0.15, 0.2) is 31.5 Å². The highest BCUT2D eigenvalue weighted by molar-refractivity contribution is 7.47. The Morgan fingerprint density at radius 3 is 1.66 bits per heavy atom. The highest BCUT2D eigenvalue weighted by Gasteiger charge is 2.60. The number of aliphatic hydroxyl groups is 17. The van der Waals surface area contributed by atoms with Gasteiger partial charge in [-0.3, -0.25) is 18.1 Å². The summed E-state index contributed by atoms with van der Waals surface area (Å²) in [6.07, 6.45) is -53.3. The van der Waals surface area contributed by atoms with Crippen LogP contribution in [0.3, 0.4) is 0 Å². The lowest BCUT2D eigenvalue weighted by atomic mass is 9.84. The summed E-state index contributed by atoms with van der Waals surface area (Å²) in [6.45, 7) is -3.22. The van der Waals surface area contributed by atoms with E-state index in [1.807, 2.05) is 0 Å². The molecule has 80 heavy (non-hydrogen) atoms. The third-order valence-electron chi connectivity index (χ3n) is 13.6. The lowest BCUT2D eigenvalue weighted by molar-refractivity contribution is -0.369. The molecule has 0 spiro atoms. The maximum absolute atomic E-state index is 12.2. The minimum atomic E-state index is -4.78. The molecule has 38 heteroatoms. The molecular weight excluding hydrogens is 1140 g/mol. The van der Waals surface area contributed by atoms with Crippen LogP contribution < -0.4 is 5.73 Å². The van der Waals surface area contributed by atoms with Gasteiger partial charge < -0.3 is 150 Å². The fourth-order valence-electron chi connectivity index (χ4n) is 8.99. The van der Waals surface area contributed by atoms with E-state index in [2.05, 4.69) is 4.52 Å². The predicted octanol–water partition coefficient (Wildman–Crippen LogP) is -10.3. The summed E-state index contributed by atoms with van der Waals surface area (Å²) >= 11 is 0. The summed E-state index contributed by atoms with van der Waals surface area (Å²) < 4.78 is 99.6. The molecule has 1 aliphatic carbocycles. The number of phosphoric acid groups is 2. The van der Waals surface area contributed by atoms with Crippen LogP contribution in [0.4, 0.5) is 0 Å². The summed E-state index contributed by atoms with van der Waals surface area (Å²) in [7, 11) is -6.45. The molecule has 4 aliphatic rings. The fourth-order valence-corrected chi connectivity index (χ4v) is 10.9. The van der Waals surface area contributed by atoms with Gasteiger partial charge in [-0.15, -0.1) is 0 Å². The van der Waals surface area contributed by atoms with Gasteiger partial charge in [0, 0.05) is 40.4 Å². The Bertz CT molecular complexity index is 1880. The molecule has 1 saturated carbocycles. The second kappa shape index (κ2) is 32.7. The van der Waals surface area contributed by atoms with Gasteiger partial charge >= 0.3 is 15.6 Å². The lowest BCUT2D eigenvalue weighted by Gasteiger charge is -2.45. The summed E-state index contributed by atoms with van der Waals surface area (Å²) in [5.74, 6) is -1.24. The van der Waals surface area contributed by atoms with Crippen molar-refractivity contribution in [2.45, 2.75) is 192 Å². The molecule has 474 valence electrons. The van der Waals surface area contributed by atoms with Crippen LogP contribution >= 0.6 is 15.6 Å². The molecule has 3 saturated heterocycles. The van der Waals surface area contributed by atoms with Gasteiger partial charge in [0.1, 0.15) is 110 Å². The van der Waals surface area contributed by atoms with E-state index in [1.54, 1.807) is 0 Å². The van der Waals surface area contributed by atoms with Crippen molar-refractivity contribution < 1.29 is 171 Å². The van der Waals surface area contributed by atoms with Gasteiger partial charge in [0.2, 0.25) is 0 Å². The number of hydrogen-bond donors (Lipinski definition) is 20. The Labute approximate surface area is 457 Å². The van der Waals surface area contributed by atoms with Crippen molar-refractivity contribution in [3.8, 4) is 0 Å². The van der Waals surface area contributed by atoms with Gasteiger partial charge in [0.05, 0.1) is 57.5 Å². The number of phosphoric ester groups is 2. The number of fused-ring (bicyclic) bond motifs is 1. The standard InChI is InChI=1S/C42H81NO35P2/c1-15(38(65-2)74-33-29(57)27(55)30(58)34-37(33)78-80(63,64)77-34)21(49)18(5-9-44)71-39(66-3)31(59)22(50)16(47)6-10-68-42-36(28(56)25(53)20(14-46)73-42)76-41(67-4)35(75-40-32(60)26(54)24(52)19(13-45)72-40)23(51)17(48)7-11-69-79(61,62)70-12-8-43/h15-42,44-60H,5-14,43H2,1-4H3,(H,61,62)(H,63,64). The average Bonchev–Trinajstić information content (AvgIpc) is 3.96. The summed E-state index contributed by atoms with van der Waals surface area (Å²) in [4.78, 5) is 19.8. The Hall–Kier alpha value is -0.900. The largest absolute Gasteiger partial charge is 0.473 e. The van der Waals surface area contributed by atoms with E-state index in [4.69, 9.17) is 66.7 Å². The van der Waals surface area contributed by atoms with Crippen molar-refractivity contribution in [2.75, 3.05) is 67.5 Å². The van der Waals surface area contributed by atoms with Crippen LogP contribution in [0.2, 0.25) is 0 Å². The molecule has 0 aromatic carbocycles. The van der Waals surface area contributed by atoms with Crippen LogP contribution in [-0.2, 0) is 74.6 Å². The zero-order chi connectivity index (χ0) is 60.1. The Balaban J connectivity index is 1.48. The van der Waals surface area contributed by atoms with Gasteiger partial charge in [0.25, 0.3) is 0 Å². The van der Waals surface area contributed by atoms with Crippen LogP contribution in [0, 0.1) is 5.92 Å². The highest BCUT2D eigenvalue weighted by Crippen LogP contribution is 2.56. The minimum absolute atomic E-state index is 0.162. The van der Waals surface area contributed by atoms with E-state index < -0.39 is 246 Å². The minimum Gasteiger partial charge on any atom is -0.396 e. The third-order valence-corrected chi connectivity index (χ3v) is 15.6. The van der Waals surface area contributed by atoms with E-state index >= 15 is 0 Å². The first kappa shape index (κ1) is 71.6. The highest BCUT2D eigenvalue weighted by atomic mass is 31.2. The number of aliphatic hydroxyl groups excluding tert-OH is 17. The number of ether oxygens (including phenoxy) is 10. The molecule has 21 N–H and O–H groups in total. The molecule has 3 aliphatic heterocycles. The number of methoxy groups -OCH3 is 3. The van der Waals surface area contributed by atoms with E-state index in [9.17, 15) is 106 Å². The maximum atomic E-state index is 12.2. The van der Waals surface area contributed by atoms with Gasteiger partial charge in [-0.2, -0.15) is 0 Å². The fraction of sp³-hybridized carbons (Fsp3) is 1.00. The van der Waals surface area contributed by atoms with Crippen LogP contribution in [-0.4, -0.2) is 330 Å². The Kier molecular flexibility index (Phi) is 29.3. The summed E-state index contributed by atoms with van der Waals surface area (Å²) in [5, 5.41) is 182. The van der Waals surface area contributed by atoms with Crippen LogP contribution in [0.15, 0.2) is 0 Å². The second-order valence-electron chi connectivity index (χ2n) is 19.1. The smallest absolute Gasteiger partial charge is 0.396 e. The topological polar surface area (TPSA) is 574 Å². The Morgan fingerprint density at radius 1 is 0.575 bits per heavy atom. The summed E-state index contributed by atoms with van der Waals surface area (Å²) in [6, 6.07) is 0. The van der Waals surface area contributed by atoms with E-state index in [1.165, 1.54) is 6.92 Å². The number of hydrogen-bond acceptors (Lipinski definition) is 34.